The minimum absolute atomic E-state index is 0.214. The van der Waals surface area contributed by atoms with E-state index >= 15 is 0 Å². The number of hydrogen-bond donors (Lipinski definition) is 1. The molecule has 1 aromatic heterocycles. The zero-order chi connectivity index (χ0) is 14.8. The van der Waals surface area contributed by atoms with Crippen LogP contribution in [-0.4, -0.2) is 17.4 Å². The predicted octanol–water partition coefficient (Wildman–Crippen LogP) is 3.94. The predicted molar refractivity (Wildman–Crippen MR) is 79.3 cm³/mol. The molecule has 0 unspecified atom stereocenters. The Bertz CT molecular complexity index is 790. The number of benzene rings is 2. The van der Waals surface area contributed by atoms with Crippen molar-refractivity contribution in [2.45, 2.75) is 6.92 Å². The molecule has 0 bridgehead atoms. The van der Waals surface area contributed by atoms with Gasteiger partial charge in [0.15, 0.2) is 5.78 Å². The van der Waals surface area contributed by atoms with Crippen molar-refractivity contribution < 1.29 is 13.9 Å². The van der Waals surface area contributed by atoms with Crippen LogP contribution in [0.2, 0.25) is 0 Å². The van der Waals surface area contributed by atoms with Crippen LogP contribution in [0.4, 0.5) is 4.39 Å². The summed E-state index contributed by atoms with van der Waals surface area (Å²) < 4.78 is 19.3. The molecule has 0 aliphatic heterocycles. The highest BCUT2D eigenvalue weighted by atomic mass is 19.1. The summed E-state index contributed by atoms with van der Waals surface area (Å²) in [5.41, 5.74) is 1.46. The summed E-state index contributed by atoms with van der Waals surface area (Å²) in [6.45, 7) is 2.47. The quantitative estimate of drug-likeness (QED) is 0.737. The fraction of sp³-hybridized carbons (Fsp3) is 0.118. The molecule has 106 valence electrons. The lowest BCUT2D eigenvalue weighted by Crippen LogP contribution is -2.01. The first-order valence-electron chi connectivity index (χ1n) is 6.74. The van der Waals surface area contributed by atoms with Crippen molar-refractivity contribution in [2.75, 3.05) is 6.61 Å². The Hall–Kier alpha value is -2.62. The molecule has 3 rings (SSSR count). The van der Waals surface area contributed by atoms with Crippen LogP contribution in [0, 0.1) is 5.82 Å². The highest BCUT2D eigenvalue weighted by Gasteiger charge is 2.16. The molecule has 0 saturated heterocycles. The molecule has 1 heterocycles. The number of carbonyl (C=O) groups excluding carboxylic acids is 1. The van der Waals surface area contributed by atoms with E-state index < -0.39 is 5.82 Å². The van der Waals surface area contributed by atoms with E-state index in [-0.39, 0.29) is 5.78 Å². The molecule has 3 nitrogen and oxygen atoms in total. The highest BCUT2D eigenvalue weighted by Crippen LogP contribution is 2.24. The molecular formula is C17H14FNO2. The Morgan fingerprint density at radius 2 is 1.95 bits per heavy atom. The van der Waals surface area contributed by atoms with Gasteiger partial charge in [-0.3, -0.25) is 4.79 Å². The van der Waals surface area contributed by atoms with E-state index in [1.807, 2.05) is 6.92 Å². The second kappa shape index (κ2) is 5.40. The van der Waals surface area contributed by atoms with Gasteiger partial charge in [-0.25, -0.2) is 4.39 Å². The largest absolute Gasteiger partial charge is 0.494 e. The lowest BCUT2D eigenvalue weighted by Gasteiger charge is -2.04. The number of H-pyrrole nitrogens is 1. The lowest BCUT2D eigenvalue weighted by molar-refractivity contribution is 0.104. The fourth-order valence-electron chi connectivity index (χ4n) is 2.34. The number of hydrogen-bond acceptors (Lipinski definition) is 2. The Labute approximate surface area is 121 Å². The van der Waals surface area contributed by atoms with Gasteiger partial charge in [0.25, 0.3) is 0 Å². The average Bonchev–Trinajstić information content (AvgIpc) is 2.93. The molecule has 0 aliphatic rings. The Kier molecular flexibility index (Phi) is 3.44. The highest BCUT2D eigenvalue weighted by molar-refractivity contribution is 6.16. The molecule has 2 aromatic carbocycles. The minimum atomic E-state index is -0.400. The number of ketones is 1. The van der Waals surface area contributed by atoms with Gasteiger partial charge in [-0.1, -0.05) is 6.07 Å². The molecule has 0 saturated carbocycles. The first kappa shape index (κ1) is 13.4. The van der Waals surface area contributed by atoms with Crippen molar-refractivity contribution in [1.82, 2.24) is 4.98 Å². The Morgan fingerprint density at radius 1 is 1.19 bits per heavy atom. The third-order valence-corrected chi connectivity index (χ3v) is 3.33. The monoisotopic (exact) mass is 283 g/mol. The van der Waals surface area contributed by atoms with E-state index in [9.17, 15) is 9.18 Å². The number of aromatic nitrogens is 1. The number of rotatable bonds is 4. The summed E-state index contributed by atoms with van der Waals surface area (Å²) in [7, 11) is 0. The zero-order valence-corrected chi connectivity index (χ0v) is 11.5. The van der Waals surface area contributed by atoms with Crippen molar-refractivity contribution in [3.63, 3.8) is 0 Å². The van der Waals surface area contributed by atoms with Crippen LogP contribution in [0.15, 0.2) is 48.7 Å². The maximum Gasteiger partial charge on any atom is 0.195 e. The van der Waals surface area contributed by atoms with Crippen LogP contribution in [0.5, 0.6) is 5.75 Å². The second-order valence-electron chi connectivity index (χ2n) is 4.65. The van der Waals surface area contributed by atoms with Gasteiger partial charge in [-0.2, -0.15) is 0 Å². The van der Waals surface area contributed by atoms with Gasteiger partial charge in [-0.05, 0) is 43.3 Å². The maximum absolute atomic E-state index is 13.9. The van der Waals surface area contributed by atoms with E-state index in [1.165, 1.54) is 6.07 Å². The molecule has 3 aromatic rings. The van der Waals surface area contributed by atoms with E-state index in [2.05, 4.69) is 4.98 Å². The standard InChI is InChI=1S/C17H14FNO2/c1-2-21-12-8-6-11(7-9-12)17(20)13-10-19-15-5-3-4-14(18)16(13)15/h3-10,19H,2H2,1H3. The molecule has 0 radical (unpaired) electrons. The van der Waals surface area contributed by atoms with Crippen molar-refractivity contribution >= 4 is 16.7 Å². The summed E-state index contributed by atoms with van der Waals surface area (Å²) in [5, 5.41) is 0.330. The number of fused-ring (bicyclic) bond motifs is 1. The number of carbonyl (C=O) groups is 1. The third-order valence-electron chi connectivity index (χ3n) is 3.33. The zero-order valence-electron chi connectivity index (χ0n) is 11.5. The molecule has 0 spiro atoms. The third kappa shape index (κ3) is 2.40. The summed E-state index contributed by atoms with van der Waals surface area (Å²) in [6.07, 6.45) is 1.55. The summed E-state index contributed by atoms with van der Waals surface area (Å²) in [5.74, 6) is 0.0941. The van der Waals surface area contributed by atoms with Crippen LogP contribution in [-0.2, 0) is 0 Å². The second-order valence-corrected chi connectivity index (χ2v) is 4.65. The number of halogens is 1. The fourth-order valence-corrected chi connectivity index (χ4v) is 2.34. The molecule has 0 fully saturated rings. The van der Waals surface area contributed by atoms with E-state index in [0.29, 0.717) is 34.4 Å². The van der Waals surface area contributed by atoms with Gasteiger partial charge >= 0.3 is 0 Å². The maximum atomic E-state index is 13.9. The molecule has 1 N–H and O–H groups in total. The van der Waals surface area contributed by atoms with Gasteiger partial charge in [0.2, 0.25) is 0 Å². The van der Waals surface area contributed by atoms with Crippen molar-refractivity contribution in [3.8, 4) is 5.75 Å². The summed E-state index contributed by atoms with van der Waals surface area (Å²) in [6, 6.07) is 11.6. The van der Waals surface area contributed by atoms with Crippen LogP contribution in [0.3, 0.4) is 0 Å². The topological polar surface area (TPSA) is 42.1 Å². The number of aromatic amines is 1. The molecule has 0 atom stereocenters. The van der Waals surface area contributed by atoms with Crippen LogP contribution in [0.1, 0.15) is 22.8 Å². The van der Waals surface area contributed by atoms with Crippen LogP contribution >= 0.6 is 0 Å². The van der Waals surface area contributed by atoms with E-state index in [4.69, 9.17) is 4.74 Å². The van der Waals surface area contributed by atoms with Crippen LogP contribution in [0.25, 0.3) is 10.9 Å². The Morgan fingerprint density at radius 3 is 2.67 bits per heavy atom. The molecule has 21 heavy (non-hydrogen) atoms. The molecular weight excluding hydrogens is 269 g/mol. The Balaban J connectivity index is 2.00. The smallest absolute Gasteiger partial charge is 0.195 e. The van der Waals surface area contributed by atoms with Gasteiger partial charge in [0.05, 0.1) is 12.2 Å². The minimum Gasteiger partial charge on any atom is -0.494 e. The van der Waals surface area contributed by atoms with Gasteiger partial charge in [0, 0.05) is 22.7 Å². The average molecular weight is 283 g/mol. The number of nitrogens with one attached hydrogen (secondary N) is 1. The van der Waals surface area contributed by atoms with E-state index in [0.717, 1.165) is 0 Å². The van der Waals surface area contributed by atoms with Gasteiger partial charge in [-0.15, -0.1) is 0 Å². The van der Waals surface area contributed by atoms with Gasteiger partial charge in [0.1, 0.15) is 11.6 Å². The SMILES string of the molecule is CCOc1ccc(C(=O)c2c[nH]c3cccc(F)c23)cc1. The van der Waals surface area contributed by atoms with Gasteiger partial charge < -0.3 is 9.72 Å². The first-order chi connectivity index (χ1) is 10.2. The molecule has 0 amide bonds. The number of ether oxygens (including phenoxy) is 1. The normalized spacial score (nSPS) is 10.8. The van der Waals surface area contributed by atoms with Crippen LogP contribution < -0.4 is 4.74 Å². The molecule has 4 heteroatoms. The van der Waals surface area contributed by atoms with Crippen molar-refractivity contribution in [1.29, 1.82) is 0 Å². The summed E-state index contributed by atoms with van der Waals surface area (Å²) >= 11 is 0. The summed E-state index contributed by atoms with van der Waals surface area (Å²) in [4.78, 5) is 15.4. The first-order valence-corrected chi connectivity index (χ1v) is 6.74. The van der Waals surface area contributed by atoms with Crippen molar-refractivity contribution in [2.24, 2.45) is 0 Å². The van der Waals surface area contributed by atoms with Crippen molar-refractivity contribution in [3.05, 3.63) is 65.6 Å². The van der Waals surface area contributed by atoms with E-state index in [1.54, 1.807) is 42.6 Å². The lowest BCUT2D eigenvalue weighted by atomic mass is 10.0. The molecule has 0 aliphatic carbocycles.